The SMILES string of the molecule is COc1cc(/C=C(\C#N)C(=O)c2ccccc2C)ccc1OCC(C)C. The number of nitrogens with zero attached hydrogens (tertiary/aromatic N) is 1. The lowest BCUT2D eigenvalue weighted by Gasteiger charge is -2.13. The number of rotatable bonds is 7. The molecule has 0 saturated carbocycles. The van der Waals surface area contributed by atoms with Gasteiger partial charge in [0.2, 0.25) is 5.78 Å². The summed E-state index contributed by atoms with van der Waals surface area (Å²) in [5.74, 6) is 1.32. The highest BCUT2D eigenvalue weighted by Crippen LogP contribution is 2.29. The van der Waals surface area contributed by atoms with Crippen molar-refractivity contribution in [3.05, 3.63) is 64.7 Å². The number of hydrogen-bond donors (Lipinski definition) is 0. The van der Waals surface area contributed by atoms with Gasteiger partial charge in [0.05, 0.1) is 13.7 Å². The van der Waals surface area contributed by atoms with Crippen molar-refractivity contribution in [2.24, 2.45) is 5.92 Å². The van der Waals surface area contributed by atoms with Crippen molar-refractivity contribution < 1.29 is 14.3 Å². The molecule has 0 heterocycles. The number of allylic oxidation sites excluding steroid dienone is 1. The average Bonchev–Trinajstić information content (AvgIpc) is 2.64. The largest absolute Gasteiger partial charge is 0.493 e. The molecule has 0 spiro atoms. The zero-order chi connectivity index (χ0) is 19.1. The lowest BCUT2D eigenvalue weighted by molar-refractivity contribution is 0.103. The maximum atomic E-state index is 12.7. The molecule has 0 radical (unpaired) electrons. The number of methoxy groups -OCH3 is 1. The number of nitriles is 1. The van der Waals surface area contributed by atoms with Gasteiger partial charge in [-0.2, -0.15) is 5.26 Å². The number of carbonyl (C=O) groups excluding carboxylic acids is 1. The predicted octanol–water partition coefficient (Wildman–Crippen LogP) is 4.83. The fourth-order valence-corrected chi connectivity index (χ4v) is 2.44. The summed E-state index contributed by atoms with van der Waals surface area (Å²) in [5, 5.41) is 9.44. The van der Waals surface area contributed by atoms with E-state index in [9.17, 15) is 10.1 Å². The van der Waals surface area contributed by atoms with E-state index in [1.807, 2.05) is 25.1 Å². The van der Waals surface area contributed by atoms with Gasteiger partial charge in [-0.3, -0.25) is 4.79 Å². The molecule has 0 unspecified atom stereocenters. The Hall–Kier alpha value is -3.06. The Bertz CT molecular complexity index is 860. The van der Waals surface area contributed by atoms with E-state index in [1.54, 1.807) is 43.5 Å². The summed E-state index contributed by atoms with van der Waals surface area (Å²) in [4.78, 5) is 12.7. The molecule has 0 aliphatic heterocycles. The highest BCUT2D eigenvalue weighted by atomic mass is 16.5. The zero-order valence-electron chi connectivity index (χ0n) is 15.6. The lowest BCUT2D eigenvalue weighted by atomic mass is 9.98. The van der Waals surface area contributed by atoms with E-state index >= 15 is 0 Å². The number of aryl methyl sites for hydroxylation is 1. The maximum Gasteiger partial charge on any atom is 0.203 e. The Balaban J connectivity index is 2.33. The van der Waals surface area contributed by atoms with Crippen LogP contribution in [-0.2, 0) is 0 Å². The summed E-state index contributed by atoms with van der Waals surface area (Å²) in [6, 6.07) is 14.6. The number of Topliss-reactive ketones (excluding diaryl/α,β-unsaturated/α-hetero) is 1. The first-order chi connectivity index (χ1) is 12.5. The van der Waals surface area contributed by atoms with E-state index in [0.717, 1.165) is 5.56 Å². The van der Waals surface area contributed by atoms with Crippen LogP contribution in [-0.4, -0.2) is 19.5 Å². The van der Waals surface area contributed by atoms with Gasteiger partial charge in [0.15, 0.2) is 11.5 Å². The molecule has 0 amide bonds. The number of carbonyl (C=O) groups is 1. The zero-order valence-corrected chi connectivity index (χ0v) is 15.6. The molecular weight excluding hydrogens is 326 g/mol. The number of ketones is 1. The second-order valence-corrected chi connectivity index (χ2v) is 6.43. The molecule has 2 rings (SSSR count). The maximum absolute atomic E-state index is 12.7. The molecule has 0 atom stereocenters. The Morgan fingerprint density at radius 1 is 1.19 bits per heavy atom. The van der Waals surface area contributed by atoms with Crippen LogP contribution in [0.3, 0.4) is 0 Å². The summed E-state index contributed by atoms with van der Waals surface area (Å²) in [6.07, 6.45) is 1.57. The summed E-state index contributed by atoms with van der Waals surface area (Å²) in [7, 11) is 1.56. The van der Waals surface area contributed by atoms with E-state index in [-0.39, 0.29) is 11.4 Å². The highest BCUT2D eigenvalue weighted by Gasteiger charge is 2.15. The Kier molecular flexibility index (Phi) is 6.57. The number of benzene rings is 2. The number of ether oxygens (including phenoxy) is 2. The van der Waals surface area contributed by atoms with E-state index in [0.29, 0.717) is 35.2 Å². The quantitative estimate of drug-likeness (QED) is 0.408. The van der Waals surface area contributed by atoms with Crippen LogP contribution in [0.4, 0.5) is 0 Å². The van der Waals surface area contributed by atoms with Gasteiger partial charge in [0.1, 0.15) is 11.6 Å². The third-order valence-electron chi connectivity index (χ3n) is 3.83. The fourth-order valence-electron chi connectivity index (χ4n) is 2.44. The summed E-state index contributed by atoms with van der Waals surface area (Å²) in [6.45, 7) is 6.58. The average molecular weight is 349 g/mol. The molecule has 0 aromatic heterocycles. The van der Waals surface area contributed by atoms with Crippen LogP contribution in [0.15, 0.2) is 48.0 Å². The normalized spacial score (nSPS) is 11.2. The topological polar surface area (TPSA) is 59.3 Å². The molecule has 2 aromatic carbocycles. The Morgan fingerprint density at radius 2 is 1.92 bits per heavy atom. The monoisotopic (exact) mass is 349 g/mol. The second-order valence-electron chi connectivity index (χ2n) is 6.43. The first-order valence-corrected chi connectivity index (χ1v) is 8.49. The van der Waals surface area contributed by atoms with E-state index in [2.05, 4.69) is 13.8 Å². The van der Waals surface area contributed by atoms with Gasteiger partial charge in [0.25, 0.3) is 0 Å². The van der Waals surface area contributed by atoms with Crippen LogP contribution in [0.2, 0.25) is 0 Å². The first kappa shape index (κ1) is 19.3. The molecule has 134 valence electrons. The van der Waals surface area contributed by atoms with Crippen LogP contribution in [0.1, 0.15) is 35.3 Å². The summed E-state index contributed by atoms with van der Waals surface area (Å²) < 4.78 is 11.1. The minimum atomic E-state index is -0.287. The Labute approximate surface area is 154 Å². The first-order valence-electron chi connectivity index (χ1n) is 8.49. The molecule has 4 nitrogen and oxygen atoms in total. The van der Waals surface area contributed by atoms with Crippen LogP contribution in [0, 0.1) is 24.2 Å². The van der Waals surface area contributed by atoms with Crippen LogP contribution >= 0.6 is 0 Å². The van der Waals surface area contributed by atoms with E-state index < -0.39 is 0 Å². The molecular formula is C22H23NO3. The molecule has 4 heteroatoms. The molecule has 0 fully saturated rings. The molecule has 0 aliphatic rings. The van der Waals surface area contributed by atoms with Crippen molar-refractivity contribution >= 4 is 11.9 Å². The molecule has 0 bridgehead atoms. The van der Waals surface area contributed by atoms with Gasteiger partial charge in [-0.1, -0.05) is 44.2 Å². The third-order valence-corrected chi connectivity index (χ3v) is 3.83. The van der Waals surface area contributed by atoms with Crippen molar-refractivity contribution in [2.45, 2.75) is 20.8 Å². The van der Waals surface area contributed by atoms with Crippen molar-refractivity contribution in [3.8, 4) is 17.6 Å². The summed E-state index contributed by atoms with van der Waals surface area (Å²) >= 11 is 0. The molecule has 0 aliphatic carbocycles. The standard InChI is InChI=1S/C22H23NO3/c1-15(2)14-26-20-10-9-17(12-21(20)25-4)11-18(13-23)22(24)19-8-6-5-7-16(19)3/h5-12,15H,14H2,1-4H3/b18-11+. The van der Waals surface area contributed by atoms with Crippen molar-refractivity contribution in [1.82, 2.24) is 0 Å². The molecule has 26 heavy (non-hydrogen) atoms. The second kappa shape index (κ2) is 8.87. The van der Waals surface area contributed by atoms with E-state index in [4.69, 9.17) is 9.47 Å². The minimum Gasteiger partial charge on any atom is -0.493 e. The molecule has 0 N–H and O–H groups in total. The third kappa shape index (κ3) is 4.73. The van der Waals surface area contributed by atoms with Gasteiger partial charge in [0, 0.05) is 5.56 Å². The van der Waals surface area contributed by atoms with Crippen LogP contribution in [0.25, 0.3) is 6.08 Å². The minimum absolute atomic E-state index is 0.0807. The van der Waals surface area contributed by atoms with Crippen molar-refractivity contribution in [3.63, 3.8) is 0 Å². The van der Waals surface area contributed by atoms with Crippen molar-refractivity contribution in [1.29, 1.82) is 5.26 Å². The predicted molar refractivity (Wildman–Crippen MR) is 102 cm³/mol. The fraction of sp³-hybridized carbons (Fsp3) is 0.273. The highest BCUT2D eigenvalue weighted by molar-refractivity contribution is 6.14. The Morgan fingerprint density at radius 3 is 2.54 bits per heavy atom. The van der Waals surface area contributed by atoms with Crippen molar-refractivity contribution in [2.75, 3.05) is 13.7 Å². The van der Waals surface area contributed by atoms with Crippen LogP contribution < -0.4 is 9.47 Å². The van der Waals surface area contributed by atoms with E-state index in [1.165, 1.54) is 0 Å². The molecule has 0 saturated heterocycles. The molecule has 2 aromatic rings. The lowest BCUT2D eigenvalue weighted by Crippen LogP contribution is -2.06. The van der Waals surface area contributed by atoms with Crippen LogP contribution in [0.5, 0.6) is 11.5 Å². The van der Waals surface area contributed by atoms with Gasteiger partial charge in [-0.15, -0.1) is 0 Å². The van der Waals surface area contributed by atoms with Gasteiger partial charge >= 0.3 is 0 Å². The smallest absolute Gasteiger partial charge is 0.203 e. The van der Waals surface area contributed by atoms with Gasteiger partial charge in [-0.05, 0) is 42.2 Å². The van der Waals surface area contributed by atoms with Gasteiger partial charge < -0.3 is 9.47 Å². The van der Waals surface area contributed by atoms with Gasteiger partial charge in [-0.25, -0.2) is 0 Å². The summed E-state index contributed by atoms with van der Waals surface area (Å²) in [5.41, 5.74) is 2.16. The number of hydrogen-bond acceptors (Lipinski definition) is 4.